The van der Waals surface area contributed by atoms with Crippen LogP contribution in [0.15, 0.2) is 12.3 Å². The van der Waals surface area contributed by atoms with Gasteiger partial charge in [0, 0.05) is 18.1 Å². The van der Waals surface area contributed by atoms with Crippen LogP contribution in [0.1, 0.15) is 5.69 Å². The minimum atomic E-state index is -5.78. The highest BCUT2D eigenvalue weighted by Gasteiger charge is 2.48. The number of aliphatic hydroxyl groups is 1. The Morgan fingerprint density at radius 2 is 2.04 bits per heavy atom. The van der Waals surface area contributed by atoms with Crippen molar-refractivity contribution in [3.8, 4) is 5.75 Å². The van der Waals surface area contributed by atoms with Crippen LogP contribution in [0.25, 0.3) is 11.0 Å². The molecule has 0 bridgehead atoms. The Morgan fingerprint density at radius 1 is 1.35 bits per heavy atom. The summed E-state index contributed by atoms with van der Waals surface area (Å²) in [4.78, 5) is 11.7. The molecule has 8 nitrogen and oxygen atoms in total. The third-order valence-corrected chi connectivity index (χ3v) is 3.56. The summed E-state index contributed by atoms with van der Waals surface area (Å²) in [6.45, 7) is 1.34. The molecule has 0 amide bonds. The summed E-state index contributed by atoms with van der Waals surface area (Å²) < 4.78 is 63.2. The molecular formula is C11H11F3N4O4S. The van der Waals surface area contributed by atoms with E-state index in [0.29, 0.717) is 0 Å². The molecule has 12 heteroatoms. The van der Waals surface area contributed by atoms with Crippen molar-refractivity contribution in [3.05, 3.63) is 18.0 Å². The molecule has 126 valence electrons. The Labute approximate surface area is 128 Å². The van der Waals surface area contributed by atoms with E-state index in [0.717, 1.165) is 6.07 Å². The number of aryl methyl sites for hydroxylation is 1. The Hall–Kier alpha value is -2.21. The minimum absolute atomic E-state index is 0.0860. The highest BCUT2D eigenvalue weighted by atomic mass is 32.2. The van der Waals surface area contributed by atoms with Gasteiger partial charge >= 0.3 is 15.6 Å². The number of hydrogen-bond acceptors (Lipinski definition) is 8. The van der Waals surface area contributed by atoms with E-state index in [1.807, 2.05) is 0 Å². The number of hydrogen-bond donors (Lipinski definition) is 2. The summed E-state index contributed by atoms with van der Waals surface area (Å²) >= 11 is 0. The van der Waals surface area contributed by atoms with Gasteiger partial charge in [-0.3, -0.25) is 0 Å². The quantitative estimate of drug-likeness (QED) is 0.604. The second-order valence-electron chi connectivity index (χ2n) is 4.31. The molecule has 0 aliphatic rings. The number of nitrogens with one attached hydrogen (secondary N) is 1. The first-order chi connectivity index (χ1) is 10.6. The highest BCUT2D eigenvalue weighted by Crippen LogP contribution is 2.29. The number of rotatable bonds is 5. The van der Waals surface area contributed by atoms with E-state index >= 15 is 0 Å². The first-order valence-electron chi connectivity index (χ1n) is 6.14. The zero-order chi connectivity index (χ0) is 17.3. The monoisotopic (exact) mass is 352 g/mol. The molecule has 0 saturated carbocycles. The van der Waals surface area contributed by atoms with Gasteiger partial charge in [0.2, 0.25) is 5.95 Å². The van der Waals surface area contributed by atoms with Gasteiger partial charge in [-0.25, -0.2) is 9.97 Å². The number of aromatic nitrogens is 3. The summed E-state index contributed by atoms with van der Waals surface area (Å²) in [6.07, 6.45) is 1.24. The summed E-state index contributed by atoms with van der Waals surface area (Å²) in [7, 11) is -5.78. The summed E-state index contributed by atoms with van der Waals surface area (Å²) in [6, 6.07) is 1.05. The normalized spacial score (nSPS) is 12.4. The van der Waals surface area contributed by atoms with Crippen molar-refractivity contribution in [1.82, 2.24) is 15.0 Å². The van der Waals surface area contributed by atoms with E-state index in [1.165, 1.54) is 13.1 Å². The van der Waals surface area contributed by atoms with Crippen molar-refractivity contribution in [3.63, 3.8) is 0 Å². The number of fused-ring (bicyclic) bond motifs is 1. The van der Waals surface area contributed by atoms with Gasteiger partial charge in [-0.05, 0) is 13.0 Å². The van der Waals surface area contributed by atoms with Gasteiger partial charge in [0.15, 0.2) is 11.4 Å². The van der Waals surface area contributed by atoms with Crippen molar-refractivity contribution in [2.24, 2.45) is 0 Å². The highest BCUT2D eigenvalue weighted by molar-refractivity contribution is 7.88. The van der Waals surface area contributed by atoms with Crippen molar-refractivity contribution >= 4 is 27.1 Å². The molecule has 0 fully saturated rings. The van der Waals surface area contributed by atoms with E-state index in [4.69, 9.17) is 5.11 Å². The third-order valence-electron chi connectivity index (χ3n) is 2.59. The van der Waals surface area contributed by atoms with E-state index < -0.39 is 21.4 Å². The van der Waals surface area contributed by atoms with E-state index in [-0.39, 0.29) is 35.8 Å². The maximum Gasteiger partial charge on any atom is 0.534 e. The first-order valence-corrected chi connectivity index (χ1v) is 7.55. The smallest absolute Gasteiger partial charge is 0.395 e. The molecule has 2 aromatic heterocycles. The molecule has 2 heterocycles. The maximum atomic E-state index is 12.3. The van der Waals surface area contributed by atoms with Crippen LogP contribution in [0, 0.1) is 6.92 Å². The van der Waals surface area contributed by atoms with Crippen LogP contribution in [-0.4, -0.2) is 47.1 Å². The minimum Gasteiger partial charge on any atom is -0.395 e. The molecule has 0 saturated heterocycles. The zero-order valence-electron chi connectivity index (χ0n) is 11.6. The van der Waals surface area contributed by atoms with Crippen LogP contribution >= 0.6 is 0 Å². The number of pyridine rings is 1. The molecule has 23 heavy (non-hydrogen) atoms. The number of anilines is 1. The lowest BCUT2D eigenvalue weighted by Crippen LogP contribution is -2.28. The van der Waals surface area contributed by atoms with Gasteiger partial charge in [-0.15, -0.1) is 0 Å². The van der Waals surface area contributed by atoms with Gasteiger partial charge in [0.1, 0.15) is 0 Å². The summed E-state index contributed by atoms with van der Waals surface area (Å²) in [5.41, 5.74) is -5.49. The van der Waals surface area contributed by atoms with Gasteiger partial charge in [-0.1, -0.05) is 0 Å². The Balaban J connectivity index is 2.39. The maximum absolute atomic E-state index is 12.3. The predicted molar refractivity (Wildman–Crippen MR) is 73.2 cm³/mol. The van der Waals surface area contributed by atoms with Crippen molar-refractivity contribution in [2.45, 2.75) is 12.4 Å². The fourth-order valence-electron chi connectivity index (χ4n) is 1.54. The van der Waals surface area contributed by atoms with Crippen LogP contribution < -0.4 is 9.50 Å². The number of nitrogens with zero attached hydrogens (tertiary/aromatic N) is 3. The van der Waals surface area contributed by atoms with Crippen LogP contribution in [0.5, 0.6) is 5.75 Å². The van der Waals surface area contributed by atoms with Crippen LogP contribution in [-0.2, 0) is 10.1 Å². The van der Waals surface area contributed by atoms with Gasteiger partial charge < -0.3 is 14.6 Å². The first kappa shape index (κ1) is 17.1. The summed E-state index contributed by atoms with van der Waals surface area (Å²) in [5, 5.41) is 11.6. The zero-order valence-corrected chi connectivity index (χ0v) is 12.4. The standard InChI is InChI=1S/C11H11F3N4O4S/c1-6-8(22-23(20,21)11(12,13)14)4-7-5-16-10(15-2-3-19)18-9(7)17-6/h4-5,19H,2-3H2,1H3,(H,15,16,17,18). The number of halogens is 3. The molecule has 0 spiro atoms. The van der Waals surface area contributed by atoms with E-state index in [9.17, 15) is 21.6 Å². The average molecular weight is 352 g/mol. The number of aliphatic hydroxyl groups excluding tert-OH is 1. The van der Waals surface area contributed by atoms with E-state index in [2.05, 4.69) is 24.5 Å². The fourth-order valence-corrected chi connectivity index (χ4v) is 2.04. The molecular weight excluding hydrogens is 341 g/mol. The molecule has 0 radical (unpaired) electrons. The number of alkyl halides is 3. The molecule has 0 atom stereocenters. The largest absolute Gasteiger partial charge is 0.534 e. The van der Waals surface area contributed by atoms with Crippen LogP contribution in [0.4, 0.5) is 19.1 Å². The van der Waals surface area contributed by atoms with Crippen molar-refractivity contribution in [1.29, 1.82) is 0 Å². The molecule has 2 rings (SSSR count). The molecule has 0 aliphatic carbocycles. The van der Waals surface area contributed by atoms with Crippen molar-refractivity contribution < 1.29 is 30.9 Å². The Bertz CT molecular complexity index is 826. The Kier molecular flexibility index (Phi) is 4.56. The molecule has 0 unspecified atom stereocenters. The van der Waals surface area contributed by atoms with Gasteiger partial charge in [-0.2, -0.15) is 26.6 Å². The summed E-state index contributed by atoms with van der Waals surface area (Å²) in [5.74, 6) is -0.399. The topological polar surface area (TPSA) is 114 Å². The lowest BCUT2D eigenvalue weighted by molar-refractivity contribution is -0.0500. The van der Waals surface area contributed by atoms with E-state index in [1.54, 1.807) is 0 Å². The molecule has 2 aromatic rings. The van der Waals surface area contributed by atoms with Crippen molar-refractivity contribution in [2.75, 3.05) is 18.5 Å². The lowest BCUT2D eigenvalue weighted by Gasteiger charge is -2.11. The SMILES string of the molecule is Cc1nc2nc(NCCO)ncc2cc1OS(=O)(=O)C(F)(F)F. The molecule has 0 aliphatic heterocycles. The average Bonchev–Trinajstić information content (AvgIpc) is 2.44. The lowest BCUT2D eigenvalue weighted by atomic mass is 10.3. The van der Waals surface area contributed by atoms with Crippen LogP contribution in [0.2, 0.25) is 0 Å². The molecule has 2 N–H and O–H groups in total. The fraction of sp³-hybridized carbons (Fsp3) is 0.364. The van der Waals surface area contributed by atoms with Crippen LogP contribution in [0.3, 0.4) is 0 Å². The Morgan fingerprint density at radius 3 is 2.65 bits per heavy atom. The predicted octanol–water partition coefficient (Wildman–Crippen LogP) is 0.966. The van der Waals surface area contributed by atoms with Gasteiger partial charge in [0.25, 0.3) is 0 Å². The molecule has 0 aromatic carbocycles. The van der Waals surface area contributed by atoms with Gasteiger partial charge in [0.05, 0.1) is 12.3 Å². The second-order valence-corrected chi connectivity index (χ2v) is 5.85. The third kappa shape index (κ3) is 3.76. The second kappa shape index (κ2) is 6.12.